The average molecular weight is 645 g/mol. The molecule has 0 radical (unpaired) electrons. The van der Waals surface area contributed by atoms with E-state index < -0.39 is 18.0 Å². The van der Waals surface area contributed by atoms with Crippen molar-refractivity contribution in [1.82, 2.24) is 4.57 Å². The van der Waals surface area contributed by atoms with Gasteiger partial charge in [0.1, 0.15) is 0 Å². The molecule has 0 unspecified atom stereocenters. The Labute approximate surface area is 262 Å². The molecule has 44 heavy (non-hydrogen) atoms. The fraction of sp³-hybridized carbons (Fsp3) is 0.355. The van der Waals surface area contributed by atoms with Crippen LogP contribution in [0, 0.1) is 0 Å². The van der Waals surface area contributed by atoms with Crippen molar-refractivity contribution in [3.8, 4) is 23.0 Å². The van der Waals surface area contributed by atoms with Crippen LogP contribution in [-0.2, 0) is 19.1 Å². The molecule has 2 aromatic carbocycles. The van der Waals surface area contributed by atoms with Crippen molar-refractivity contribution < 1.29 is 38.0 Å². The third-order valence-corrected chi connectivity index (χ3v) is 7.76. The Hall–Kier alpha value is -4.29. The number of benzene rings is 2. The molecule has 0 saturated carbocycles. The number of allylic oxidation sites excluding steroid dienone is 1. The quantitative estimate of drug-likeness (QED) is 0.287. The second-order valence-corrected chi connectivity index (χ2v) is 11.2. The fourth-order valence-electron chi connectivity index (χ4n) is 4.62. The molecule has 11 nitrogen and oxygen atoms in total. The number of esters is 2. The minimum atomic E-state index is -0.846. The molecule has 0 N–H and O–H groups in total. The maximum atomic E-state index is 14.0. The minimum absolute atomic E-state index is 0.0924. The topological polar surface area (TPSA) is 124 Å². The highest BCUT2D eigenvalue weighted by Gasteiger charge is 2.34. The van der Waals surface area contributed by atoms with E-state index in [0.717, 1.165) is 11.3 Å². The summed E-state index contributed by atoms with van der Waals surface area (Å²) in [4.78, 5) is 43.8. The fourth-order valence-corrected chi connectivity index (χ4v) is 5.94. The summed E-state index contributed by atoms with van der Waals surface area (Å²) in [5.74, 6) is 0.240. The molecule has 0 saturated heterocycles. The van der Waals surface area contributed by atoms with Gasteiger partial charge in [-0.1, -0.05) is 29.0 Å². The Morgan fingerprint density at radius 2 is 1.82 bits per heavy atom. The summed E-state index contributed by atoms with van der Waals surface area (Å²) in [5.41, 5.74) is 1.44. The van der Waals surface area contributed by atoms with E-state index in [9.17, 15) is 14.4 Å². The van der Waals surface area contributed by atoms with Gasteiger partial charge in [0.05, 0.1) is 60.9 Å². The number of ether oxygens (including phenoxy) is 6. The van der Waals surface area contributed by atoms with Crippen molar-refractivity contribution in [3.63, 3.8) is 0 Å². The van der Waals surface area contributed by atoms with Crippen LogP contribution >= 0.6 is 22.9 Å². The summed E-state index contributed by atoms with van der Waals surface area (Å²) in [6.45, 7) is 7.02. The van der Waals surface area contributed by atoms with E-state index in [0.29, 0.717) is 37.7 Å². The van der Waals surface area contributed by atoms with Gasteiger partial charge in [0, 0.05) is 0 Å². The van der Waals surface area contributed by atoms with Gasteiger partial charge in [0.2, 0.25) is 0 Å². The van der Waals surface area contributed by atoms with Crippen molar-refractivity contribution in [2.24, 2.45) is 4.99 Å². The van der Waals surface area contributed by atoms with E-state index in [4.69, 9.17) is 35.3 Å². The predicted octanol–water partition coefficient (Wildman–Crippen LogP) is 3.81. The average Bonchev–Trinajstić information content (AvgIpc) is 3.29. The van der Waals surface area contributed by atoms with Crippen molar-refractivity contribution in [1.29, 1.82) is 0 Å². The number of carbonyl (C=O) groups excluding carboxylic acids is 2. The van der Waals surface area contributed by atoms with Gasteiger partial charge in [-0.25, -0.2) is 14.6 Å². The molecule has 13 heteroatoms. The van der Waals surface area contributed by atoms with Crippen LogP contribution in [0.5, 0.6) is 23.0 Å². The molecule has 0 amide bonds. The van der Waals surface area contributed by atoms with Gasteiger partial charge < -0.3 is 28.4 Å². The Kier molecular flexibility index (Phi) is 10.4. The van der Waals surface area contributed by atoms with Crippen LogP contribution < -0.4 is 33.8 Å². The van der Waals surface area contributed by atoms with E-state index in [1.165, 1.54) is 25.9 Å². The Balaban J connectivity index is 1.88. The largest absolute Gasteiger partial charge is 0.493 e. The number of nitrogens with zero attached hydrogens (tertiary/aromatic N) is 2. The monoisotopic (exact) mass is 644 g/mol. The number of carbonyl (C=O) groups is 2. The molecule has 1 aliphatic heterocycles. The van der Waals surface area contributed by atoms with Gasteiger partial charge in [0.25, 0.3) is 5.56 Å². The maximum Gasteiger partial charge on any atom is 0.343 e. The third-order valence-electron chi connectivity index (χ3n) is 6.49. The smallest absolute Gasteiger partial charge is 0.343 e. The van der Waals surface area contributed by atoms with Gasteiger partial charge >= 0.3 is 11.9 Å². The summed E-state index contributed by atoms with van der Waals surface area (Å²) in [5, 5.41) is 0.168. The molecule has 3 aromatic rings. The van der Waals surface area contributed by atoms with Crippen LogP contribution in [0.25, 0.3) is 6.08 Å². The molecule has 0 spiro atoms. The molecular formula is C31H33ClN2O9S. The lowest BCUT2D eigenvalue weighted by molar-refractivity contribution is -0.143. The number of halogens is 1. The first-order valence-electron chi connectivity index (χ1n) is 13.6. The first-order chi connectivity index (χ1) is 21.0. The molecule has 0 fully saturated rings. The second-order valence-electron chi connectivity index (χ2n) is 9.78. The van der Waals surface area contributed by atoms with Gasteiger partial charge in [-0.2, -0.15) is 0 Å². The highest BCUT2D eigenvalue weighted by molar-refractivity contribution is 7.07. The first-order valence-corrected chi connectivity index (χ1v) is 14.8. The van der Waals surface area contributed by atoms with E-state index in [-0.39, 0.29) is 47.0 Å². The number of rotatable bonds is 11. The highest BCUT2D eigenvalue weighted by atomic mass is 35.5. The lowest BCUT2D eigenvalue weighted by Gasteiger charge is -2.25. The number of hydrogen-bond acceptors (Lipinski definition) is 11. The highest BCUT2D eigenvalue weighted by Crippen LogP contribution is 2.38. The van der Waals surface area contributed by atoms with Crippen molar-refractivity contribution in [2.45, 2.75) is 39.8 Å². The lowest BCUT2D eigenvalue weighted by atomic mass is 9.95. The van der Waals surface area contributed by atoms with E-state index >= 15 is 0 Å². The van der Waals surface area contributed by atoms with Crippen LogP contribution in [0.1, 0.15) is 44.9 Å². The van der Waals surface area contributed by atoms with Gasteiger partial charge in [0.15, 0.2) is 34.4 Å². The number of hydrogen-bond donors (Lipinski definition) is 0. The summed E-state index contributed by atoms with van der Waals surface area (Å²) in [7, 11) is 4.20. The maximum absolute atomic E-state index is 14.0. The zero-order valence-electron chi connectivity index (χ0n) is 25.4. The summed E-state index contributed by atoms with van der Waals surface area (Å²) in [6.07, 6.45) is 1.55. The van der Waals surface area contributed by atoms with E-state index in [1.807, 2.05) is 13.8 Å². The van der Waals surface area contributed by atoms with Crippen LogP contribution in [-0.4, -0.2) is 57.2 Å². The first kappa shape index (κ1) is 32.6. The van der Waals surface area contributed by atoms with Crippen molar-refractivity contribution in [3.05, 3.63) is 77.4 Å². The molecule has 1 aromatic heterocycles. The molecule has 1 aliphatic rings. The van der Waals surface area contributed by atoms with Crippen LogP contribution in [0.4, 0.5) is 0 Å². The zero-order chi connectivity index (χ0) is 32.1. The molecule has 1 atom stereocenters. The molecule has 2 heterocycles. The Morgan fingerprint density at radius 3 is 2.45 bits per heavy atom. The van der Waals surface area contributed by atoms with Crippen LogP contribution in [0.2, 0.25) is 5.02 Å². The Morgan fingerprint density at radius 1 is 1.09 bits per heavy atom. The van der Waals surface area contributed by atoms with Crippen LogP contribution in [0.15, 0.2) is 51.4 Å². The van der Waals surface area contributed by atoms with Crippen molar-refractivity contribution in [2.75, 3.05) is 34.5 Å². The standard InChI is InChI=1S/C31H33ClN2O9S/c1-8-41-30(37)26-17(4)33-31-34(27(26)19-9-10-21(43-16(2)3)22(14-19)38-5)29(36)24(44-31)13-18-11-20(32)28(23(12-18)39-6)42-15-25(35)40-7/h9-14,16,27H,8,15H2,1-7H3/b24-13-/t27-/m0/s1. The number of fused-ring (bicyclic) bond motifs is 1. The second kappa shape index (κ2) is 14.0. The lowest BCUT2D eigenvalue weighted by Crippen LogP contribution is -2.40. The molecule has 0 aliphatic carbocycles. The summed E-state index contributed by atoms with van der Waals surface area (Å²) >= 11 is 7.63. The summed E-state index contributed by atoms with van der Waals surface area (Å²) in [6, 6.07) is 7.65. The third kappa shape index (κ3) is 6.76. The SMILES string of the molecule is CCOC(=O)C1=C(C)N=c2s/c(=C\c3cc(Cl)c(OCC(=O)OC)c(OC)c3)c(=O)n2[C@H]1c1ccc(OC(C)C)c(OC)c1. The van der Waals surface area contributed by atoms with Gasteiger partial charge in [-0.05, 0) is 69.2 Å². The van der Waals surface area contributed by atoms with E-state index in [2.05, 4.69) is 9.73 Å². The summed E-state index contributed by atoms with van der Waals surface area (Å²) < 4.78 is 34.2. The number of thiazole rings is 1. The Bertz CT molecular complexity index is 1790. The van der Waals surface area contributed by atoms with Gasteiger partial charge in [-0.15, -0.1) is 0 Å². The molecule has 234 valence electrons. The number of aromatic nitrogens is 1. The molecule has 0 bridgehead atoms. The molecular weight excluding hydrogens is 612 g/mol. The minimum Gasteiger partial charge on any atom is -0.493 e. The predicted molar refractivity (Wildman–Crippen MR) is 165 cm³/mol. The van der Waals surface area contributed by atoms with Crippen molar-refractivity contribution >= 4 is 41.0 Å². The zero-order valence-corrected chi connectivity index (χ0v) is 27.0. The number of methoxy groups -OCH3 is 3. The van der Waals surface area contributed by atoms with Gasteiger partial charge in [-0.3, -0.25) is 9.36 Å². The normalized spacial score (nSPS) is 14.6. The van der Waals surface area contributed by atoms with E-state index in [1.54, 1.807) is 50.3 Å². The van der Waals surface area contributed by atoms with Crippen LogP contribution in [0.3, 0.4) is 0 Å². The molecule has 4 rings (SSSR count).